The zero-order valence-corrected chi connectivity index (χ0v) is 8.62. The van der Waals surface area contributed by atoms with E-state index in [9.17, 15) is 13.2 Å². The van der Waals surface area contributed by atoms with Crippen LogP contribution < -0.4 is 5.73 Å². The molecule has 1 unspecified atom stereocenters. The van der Waals surface area contributed by atoms with E-state index in [2.05, 4.69) is 5.10 Å². The lowest BCUT2D eigenvalue weighted by molar-refractivity contribution is -0.149. The van der Waals surface area contributed by atoms with E-state index in [1.54, 1.807) is 0 Å². The molecule has 0 radical (unpaired) electrons. The molecule has 1 aromatic heterocycles. The Bertz CT molecular complexity index is 317. The minimum Gasteiger partial charge on any atom is -0.316 e. The number of aromatic nitrogens is 2. The van der Waals surface area contributed by atoms with Gasteiger partial charge in [0.2, 0.25) is 0 Å². The lowest BCUT2D eigenvalue weighted by atomic mass is 10.2. The summed E-state index contributed by atoms with van der Waals surface area (Å²) in [5.41, 5.74) is 5.04. The molecule has 1 aromatic rings. The minimum absolute atomic E-state index is 0.00292. The van der Waals surface area contributed by atoms with E-state index < -0.39 is 12.2 Å². The third-order valence-corrected chi connectivity index (χ3v) is 1.92. The third-order valence-electron chi connectivity index (χ3n) is 1.92. The molecular weight excluding hydrogens is 207 g/mol. The molecule has 3 nitrogen and oxygen atoms in total. The first kappa shape index (κ1) is 12.0. The molecule has 1 atom stereocenters. The van der Waals surface area contributed by atoms with Gasteiger partial charge in [-0.15, -0.1) is 0 Å². The monoisotopic (exact) mass is 221 g/mol. The van der Waals surface area contributed by atoms with Crippen molar-refractivity contribution in [2.75, 3.05) is 0 Å². The first-order chi connectivity index (χ1) is 6.80. The Morgan fingerprint density at radius 3 is 2.53 bits per heavy atom. The van der Waals surface area contributed by atoms with Gasteiger partial charge in [-0.25, -0.2) is 0 Å². The van der Waals surface area contributed by atoms with Crippen LogP contribution in [0.4, 0.5) is 13.2 Å². The van der Waals surface area contributed by atoms with Crippen molar-refractivity contribution >= 4 is 0 Å². The molecule has 0 spiro atoms. The van der Waals surface area contributed by atoms with Crippen LogP contribution >= 0.6 is 0 Å². The minimum atomic E-state index is -4.41. The van der Waals surface area contributed by atoms with Crippen LogP contribution in [0.2, 0.25) is 0 Å². The fourth-order valence-electron chi connectivity index (χ4n) is 1.20. The average molecular weight is 221 g/mol. The highest BCUT2D eigenvalue weighted by Gasteiger charge is 2.38. The summed E-state index contributed by atoms with van der Waals surface area (Å²) in [6.07, 6.45) is -1.90. The quantitative estimate of drug-likeness (QED) is 0.849. The van der Waals surface area contributed by atoms with Crippen molar-refractivity contribution < 1.29 is 13.2 Å². The molecule has 6 heteroatoms. The number of alkyl halides is 3. The summed E-state index contributed by atoms with van der Waals surface area (Å²) in [4.78, 5) is 0. The summed E-state index contributed by atoms with van der Waals surface area (Å²) in [6.45, 7) is 4.51. The van der Waals surface area contributed by atoms with Crippen molar-refractivity contribution in [2.24, 2.45) is 11.7 Å². The van der Waals surface area contributed by atoms with Crippen LogP contribution in [0.1, 0.15) is 25.5 Å². The van der Waals surface area contributed by atoms with Crippen LogP contribution in [-0.2, 0) is 6.54 Å². The highest BCUT2D eigenvalue weighted by molar-refractivity contribution is 5.11. The molecule has 0 amide bonds. The highest BCUT2D eigenvalue weighted by Crippen LogP contribution is 2.29. The van der Waals surface area contributed by atoms with Gasteiger partial charge in [0.15, 0.2) is 0 Å². The largest absolute Gasteiger partial charge is 0.407 e. The Hall–Kier alpha value is -1.04. The van der Waals surface area contributed by atoms with Crippen LogP contribution in [0.25, 0.3) is 0 Å². The smallest absolute Gasteiger partial charge is 0.316 e. The lowest BCUT2D eigenvalue weighted by Crippen LogP contribution is -2.28. The van der Waals surface area contributed by atoms with Crippen LogP contribution in [0.5, 0.6) is 0 Å². The Labute approximate surface area is 86.1 Å². The van der Waals surface area contributed by atoms with Gasteiger partial charge in [-0.05, 0) is 5.92 Å². The lowest BCUT2D eigenvalue weighted by Gasteiger charge is -2.13. The number of hydrogen-bond donors (Lipinski definition) is 1. The van der Waals surface area contributed by atoms with Gasteiger partial charge in [0, 0.05) is 18.3 Å². The molecule has 0 saturated heterocycles. The summed E-state index contributed by atoms with van der Waals surface area (Å²) in [7, 11) is 0. The standard InChI is InChI=1S/C9H14F3N3/c1-6(2)4-15-5-7(3-14-15)8(13)9(10,11)12/h3,5-6,8H,4,13H2,1-2H3. The number of rotatable bonds is 3. The molecule has 0 aromatic carbocycles. The predicted octanol–water partition coefficient (Wildman–Crippen LogP) is 2.10. The van der Waals surface area contributed by atoms with Gasteiger partial charge in [-0.3, -0.25) is 4.68 Å². The van der Waals surface area contributed by atoms with E-state index in [0.717, 1.165) is 0 Å². The van der Waals surface area contributed by atoms with Gasteiger partial charge < -0.3 is 5.73 Å². The number of hydrogen-bond acceptors (Lipinski definition) is 2. The molecule has 0 aliphatic rings. The number of nitrogens with zero attached hydrogens (tertiary/aromatic N) is 2. The molecule has 1 rings (SSSR count). The Morgan fingerprint density at radius 1 is 1.47 bits per heavy atom. The average Bonchev–Trinajstić information content (AvgIpc) is 2.48. The second-order valence-electron chi connectivity index (χ2n) is 3.91. The maximum atomic E-state index is 12.2. The van der Waals surface area contributed by atoms with E-state index in [1.807, 2.05) is 13.8 Å². The SMILES string of the molecule is CC(C)Cn1cc(C(N)C(F)(F)F)cn1. The van der Waals surface area contributed by atoms with Crippen molar-refractivity contribution in [2.45, 2.75) is 32.6 Å². The van der Waals surface area contributed by atoms with Crippen molar-refractivity contribution in [1.29, 1.82) is 0 Å². The first-order valence-corrected chi connectivity index (χ1v) is 4.65. The zero-order valence-electron chi connectivity index (χ0n) is 8.62. The summed E-state index contributed by atoms with van der Waals surface area (Å²) in [6, 6.07) is -1.95. The van der Waals surface area contributed by atoms with Crippen LogP contribution in [0.3, 0.4) is 0 Å². The Kier molecular flexibility index (Phi) is 3.38. The molecule has 0 bridgehead atoms. The summed E-state index contributed by atoms with van der Waals surface area (Å²) >= 11 is 0. The maximum Gasteiger partial charge on any atom is 0.407 e. The Balaban J connectivity index is 2.76. The van der Waals surface area contributed by atoms with Crippen molar-refractivity contribution in [3.8, 4) is 0 Å². The fraction of sp³-hybridized carbons (Fsp3) is 0.667. The zero-order chi connectivity index (χ0) is 11.6. The molecule has 2 N–H and O–H groups in total. The number of nitrogens with two attached hydrogens (primary N) is 1. The molecule has 0 aliphatic carbocycles. The van der Waals surface area contributed by atoms with E-state index in [4.69, 9.17) is 5.73 Å². The predicted molar refractivity (Wildman–Crippen MR) is 50.0 cm³/mol. The maximum absolute atomic E-state index is 12.2. The van der Waals surface area contributed by atoms with Crippen LogP contribution in [0.15, 0.2) is 12.4 Å². The second-order valence-corrected chi connectivity index (χ2v) is 3.91. The van der Waals surface area contributed by atoms with E-state index >= 15 is 0 Å². The molecular formula is C9H14F3N3. The van der Waals surface area contributed by atoms with E-state index in [-0.39, 0.29) is 5.56 Å². The third kappa shape index (κ3) is 3.23. The van der Waals surface area contributed by atoms with Gasteiger partial charge in [0.05, 0.1) is 6.20 Å². The van der Waals surface area contributed by atoms with Gasteiger partial charge in [0.1, 0.15) is 6.04 Å². The normalized spacial score (nSPS) is 14.6. The summed E-state index contributed by atoms with van der Waals surface area (Å²) < 4.78 is 38.2. The number of halogens is 3. The molecule has 86 valence electrons. The molecule has 0 saturated carbocycles. The van der Waals surface area contributed by atoms with Crippen molar-refractivity contribution in [1.82, 2.24) is 9.78 Å². The topological polar surface area (TPSA) is 43.8 Å². The van der Waals surface area contributed by atoms with E-state index in [1.165, 1.54) is 17.1 Å². The summed E-state index contributed by atoms with van der Waals surface area (Å²) in [5, 5.41) is 3.83. The van der Waals surface area contributed by atoms with Crippen LogP contribution in [-0.4, -0.2) is 16.0 Å². The van der Waals surface area contributed by atoms with Crippen LogP contribution in [0, 0.1) is 5.92 Å². The highest BCUT2D eigenvalue weighted by atomic mass is 19.4. The first-order valence-electron chi connectivity index (χ1n) is 4.65. The summed E-state index contributed by atoms with van der Waals surface area (Å²) in [5.74, 6) is 0.333. The van der Waals surface area contributed by atoms with E-state index in [0.29, 0.717) is 12.5 Å². The second kappa shape index (κ2) is 4.22. The van der Waals surface area contributed by atoms with Crippen molar-refractivity contribution in [3.63, 3.8) is 0 Å². The van der Waals surface area contributed by atoms with Gasteiger partial charge in [-0.2, -0.15) is 18.3 Å². The van der Waals surface area contributed by atoms with Gasteiger partial charge in [-0.1, -0.05) is 13.8 Å². The molecule has 1 heterocycles. The molecule has 0 fully saturated rings. The van der Waals surface area contributed by atoms with Gasteiger partial charge in [0.25, 0.3) is 0 Å². The molecule has 15 heavy (non-hydrogen) atoms. The Morgan fingerprint density at radius 2 is 2.07 bits per heavy atom. The fourth-order valence-corrected chi connectivity index (χ4v) is 1.20. The van der Waals surface area contributed by atoms with Crippen molar-refractivity contribution in [3.05, 3.63) is 18.0 Å². The molecule has 0 aliphatic heterocycles. The van der Waals surface area contributed by atoms with Gasteiger partial charge >= 0.3 is 6.18 Å².